The molecule has 0 atom stereocenters. The van der Waals surface area contributed by atoms with Crippen LogP contribution < -0.4 is 4.74 Å². The first-order valence-corrected chi connectivity index (χ1v) is 7.26. The lowest BCUT2D eigenvalue weighted by Gasteiger charge is -2.33. The third kappa shape index (κ3) is 3.59. The summed E-state index contributed by atoms with van der Waals surface area (Å²) in [5.74, 6) is 0.210. The van der Waals surface area contributed by atoms with E-state index < -0.39 is 5.82 Å². The molecule has 0 saturated heterocycles. The third-order valence-corrected chi connectivity index (χ3v) is 4.39. The zero-order valence-electron chi connectivity index (χ0n) is 12.5. The molecule has 0 N–H and O–H groups in total. The molecule has 0 radical (unpaired) electrons. The lowest BCUT2D eigenvalue weighted by atomic mass is 9.71. The van der Waals surface area contributed by atoms with Crippen molar-refractivity contribution in [1.29, 1.82) is 0 Å². The molecule has 110 valence electrons. The van der Waals surface area contributed by atoms with Crippen molar-refractivity contribution in [1.82, 2.24) is 0 Å². The molecule has 3 heteroatoms. The molecule has 0 amide bonds. The van der Waals surface area contributed by atoms with Crippen LogP contribution in [0.2, 0.25) is 0 Å². The number of ketones is 1. The SMILES string of the molecule is COc1ccc(CC(=O)C2CCC(C)(C)CC2)cc1F. The summed E-state index contributed by atoms with van der Waals surface area (Å²) in [5.41, 5.74) is 1.10. The van der Waals surface area contributed by atoms with Crippen molar-refractivity contribution in [2.24, 2.45) is 11.3 Å². The first-order valence-electron chi connectivity index (χ1n) is 7.26. The van der Waals surface area contributed by atoms with Gasteiger partial charge in [-0.1, -0.05) is 19.9 Å². The van der Waals surface area contributed by atoms with Crippen molar-refractivity contribution in [3.8, 4) is 5.75 Å². The summed E-state index contributed by atoms with van der Waals surface area (Å²) in [6, 6.07) is 4.76. The first-order chi connectivity index (χ1) is 9.41. The minimum Gasteiger partial charge on any atom is -0.494 e. The zero-order valence-corrected chi connectivity index (χ0v) is 12.5. The smallest absolute Gasteiger partial charge is 0.165 e. The molecule has 1 aromatic carbocycles. The number of hydrogen-bond acceptors (Lipinski definition) is 2. The number of halogens is 1. The van der Waals surface area contributed by atoms with E-state index in [1.54, 1.807) is 12.1 Å². The van der Waals surface area contributed by atoms with Gasteiger partial charge in [0.2, 0.25) is 0 Å². The van der Waals surface area contributed by atoms with Crippen LogP contribution in [0, 0.1) is 17.2 Å². The van der Waals surface area contributed by atoms with Crippen molar-refractivity contribution >= 4 is 5.78 Å². The molecule has 0 aliphatic heterocycles. The number of hydrogen-bond donors (Lipinski definition) is 0. The van der Waals surface area contributed by atoms with E-state index in [0.29, 0.717) is 11.8 Å². The Labute approximate surface area is 120 Å². The molecular weight excluding hydrogens is 255 g/mol. The van der Waals surface area contributed by atoms with Gasteiger partial charge in [-0.15, -0.1) is 0 Å². The number of Topliss-reactive ketones (excluding diaryl/α,β-unsaturated/α-hetero) is 1. The Morgan fingerprint density at radius 2 is 2.00 bits per heavy atom. The quantitative estimate of drug-likeness (QED) is 0.826. The number of benzene rings is 1. The van der Waals surface area contributed by atoms with Gasteiger partial charge in [0.25, 0.3) is 0 Å². The summed E-state index contributed by atoms with van der Waals surface area (Å²) in [6.07, 6.45) is 4.45. The van der Waals surface area contributed by atoms with Crippen LogP contribution in [-0.4, -0.2) is 12.9 Å². The van der Waals surface area contributed by atoms with Crippen molar-refractivity contribution < 1.29 is 13.9 Å². The summed E-state index contributed by atoms with van der Waals surface area (Å²) in [4.78, 5) is 12.3. The number of methoxy groups -OCH3 is 1. The van der Waals surface area contributed by atoms with E-state index in [1.165, 1.54) is 13.2 Å². The van der Waals surface area contributed by atoms with E-state index in [-0.39, 0.29) is 17.5 Å². The van der Waals surface area contributed by atoms with Crippen LogP contribution in [-0.2, 0) is 11.2 Å². The van der Waals surface area contributed by atoms with Crippen LogP contribution in [0.25, 0.3) is 0 Å². The Morgan fingerprint density at radius 1 is 1.35 bits per heavy atom. The molecule has 0 bridgehead atoms. The second kappa shape index (κ2) is 5.94. The molecule has 1 saturated carbocycles. The molecule has 2 nitrogen and oxygen atoms in total. The van der Waals surface area contributed by atoms with Crippen LogP contribution in [0.5, 0.6) is 5.75 Å². The van der Waals surface area contributed by atoms with E-state index in [2.05, 4.69) is 13.8 Å². The molecule has 20 heavy (non-hydrogen) atoms. The van der Waals surface area contributed by atoms with Crippen LogP contribution in [0.4, 0.5) is 4.39 Å². The van der Waals surface area contributed by atoms with Gasteiger partial charge in [-0.25, -0.2) is 4.39 Å². The molecule has 0 spiro atoms. The predicted octanol–water partition coefficient (Wildman–Crippen LogP) is 4.16. The number of carbonyl (C=O) groups excluding carboxylic acids is 1. The largest absolute Gasteiger partial charge is 0.494 e. The lowest BCUT2D eigenvalue weighted by molar-refractivity contribution is -0.123. The summed E-state index contributed by atoms with van der Waals surface area (Å²) >= 11 is 0. The maximum Gasteiger partial charge on any atom is 0.165 e. The van der Waals surface area contributed by atoms with Crippen LogP contribution in [0.15, 0.2) is 18.2 Å². The monoisotopic (exact) mass is 278 g/mol. The Kier molecular flexibility index (Phi) is 4.46. The second-order valence-corrected chi connectivity index (χ2v) is 6.55. The Morgan fingerprint density at radius 3 is 2.55 bits per heavy atom. The van der Waals surface area contributed by atoms with Gasteiger partial charge in [0.05, 0.1) is 7.11 Å². The molecule has 1 aliphatic rings. The summed E-state index contributed by atoms with van der Waals surface area (Å²) in [5, 5.41) is 0. The predicted molar refractivity (Wildman–Crippen MR) is 77.4 cm³/mol. The maximum absolute atomic E-state index is 13.6. The number of carbonyl (C=O) groups is 1. The molecule has 1 fully saturated rings. The van der Waals surface area contributed by atoms with Crippen molar-refractivity contribution in [3.05, 3.63) is 29.6 Å². The van der Waals surface area contributed by atoms with Gasteiger partial charge in [0, 0.05) is 12.3 Å². The Hall–Kier alpha value is -1.38. The Bertz CT molecular complexity index is 484. The highest BCUT2D eigenvalue weighted by Crippen LogP contribution is 2.38. The topological polar surface area (TPSA) is 26.3 Å². The summed E-state index contributed by atoms with van der Waals surface area (Å²) in [6.45, 7) is 4.51. The average molecular weight is 278 g/mol. The van der Waals surface area contributed by atoms with E-state index in [9.17, 15) is 9.18 Å². The van der Waals surface area contributed by atoms with Crippen LogP contribution in [0.1, 0.15) is 45.1 Å². The van der Waals surface area contributed by atoms with E-state index in [4.69, 9.17) is 4.74 Å². The third-order valence-electron chi connectivity index (χ3n) is 4.39. The van der Waals surface area contributed by atoms with Gasteiger partial charge >= 0.3 is 0 Å². The minimum absolute atomic E-state index is 0.146. The maximum atomic E-state index is 13.6. The van der Waals surface area contributed by atoms with Crippen LogP contribution in [0.3, 0.4) is 0 Å². The first kappa shape index (κ1) is 15.0. The van der Waals surface area contributed by atoms with Crippen LogP contribution >= 0.6 is 0 Å². The highest BCUT2D eigenvalue weighted by molar-refractivity contribution is 5.83. The highest BCUT2D eigenvalue weighted by atomic mass is 19.1. The normalized spacial score (nSPS) is 18.8. The number of rotatable bonds is 4. The molecular formula is C17H23FO2. The van der Waals surface area contributed by atoms with Gasteiger partial charge < -0.3 is 4.74 Å². The lowest BCUT2D eigenvalue weighted by Crippen LogP contribution is -2.27. The second-order valence-electron chi connectivity index (χ2n) is 6.55. The van der Waals surface area contributed by atoms with E-state index >= 15 is 0 Å². The fourth-order valence-electron chi connectivity index (χ4n) is 2.89. The summed E-state index contributed by atoms with van der Waals surface area (Å²) < 4.78 is 18.5. The van der Waals surface area contributed by atoms with E-state index in [0.717, 1.165) is 31.2 Å². The van der Waals surface area contributed by atoms with Gasteiger partial charge in [0.15, 0.2) is 11.6 Å². The molecule has 0 aromatic heterocycles. The van der Waals surface area contributed by atoms with Gasteiger partial charge in [-0.05, 0) is 48.8 Å². The number of ether oxygens (including phenoxy) is 1. The Balaban J connectivity index is 1.96. The molecule has 0 unspecified atom stereocenters. The van der Waals surface area contributed by atoms with Crippen molar-refractivity contribution in [3.63, 3.8) is 0 Å². The van der Waals surface area contributed by atoms with Gasteiger partial charge in [-0.2, -0.15) is 0 Å². The molecule has 1 aromatic rings. The van der Waals surface area contributed by atoms with E-state index in [1.807, 2.05) is 0 Å². The van der Waals surface area contributed by atoms with Crippen molar-refractivity contribution in [2.45, 2.75) is 46.0 Å². The molecule has 1 aliphatic carbocycles. The fraction of sp³-hybridized carbons (Fsp3) is 0.588. The van der Waals surface area contributed by atoms with Gasteiger partial charge in [-0.3, -0.25) is 4.79 Å². The van der Waals surface area contributed by atoms with Crippen molar-refractivity contribution in [2.75, 3.05) is 7.11 Å². The minimum atomic E-state index is -0.400. The average Bonchev–Trinajstić information content (AvgIpc) is 2.38. The highest BCUT2D eigenvalue weighted by Gasteiger charge is 2.30. The summed E-state index contributed by atoms with van der Waals surface area (Å²) in [7, 11) is 1.44. The molecule has 2 rings (SSSR count). The van der Waals surface area contributed by atoms with Gasteiger partial charge in [0.1, 0.15) is 5.78 Å². The fourth-order valence-corrected chi connectivity index (χ4v) is 2.89. The zero-order chi connectivity index (χ0) is 14.8. The standard InChI is InChI=1S/C17H23FO2/c1-17(2)8-6-13(7-9-17)15(19)11-12-4-5-16(20-3)14(18)10-12/h4-5,10,13H,6-9,11H2,1-3H3. The molecule has 0 heterocycles.